The molecule has 0 bridgehead atoms. The van der Waals surface area contributed by atoms with Crippen LogP contribution in [0, 0.1) is 19.7 Å². The van der Waals surface area contributed by atoms with Gasteiger partial charge in [-0.25, -0.2) is 14.4 Å². The SMILES string of the molecule is Cc1cc(C)nc(SCC(=O)N(C)CCOc2ccc(F)cc2)n1. The molecule has 0 spiro atoms. The molecule has 1 aromatic carbocycles. The molecule has 0 saturated heterocycles. The van der Waals surface area contributed by atoms with Crippen molar-refractivity contribution in [2.75, 3.05) is 26.0 Å². The molecule has 7 heteroatoms. The largest absolute Gasteiger partial charge is 0.492 e. The summed E-state index contributed by atoms with van der Waals surface area (Å²) in [5.41, 5.74) is 1.78. The maximum absolute atomic E-state index is 12.8. The van der Waals surface area contributed by atoms with E-state index in [9.17, 15) is 9.18 Å². The van der Waals surface area contributed by atoms with Gasteiger partial charge in [0.15, 0.2) is 5.16 Å². The summed E-state index contributed by atoms with van der Waals surface area (Å²) in [6, 6.07) is 7.69. The maximum Gasteiger partial charge on any atom is 0.232 e. The monoisotopic (exact) mass is 349 g/mol. The minimum Gasteiger partial charge on any atom is -0.492 e. The molecule has 2 aromatic rings. The summed E-state index contributed by atoms with van der Waals surface area (Å²) in [5.74, 6) is 0.525. The van der Waals surface area contributed by atoms with E-state index in [1.54, 1.807) is 24.1 Å². The highest BCUT2D eigenvalue weighted by Gasteiger charge is 2.11. The summed E-state index contributed by atoms with van der Waals surface area (Å²) in [6.45, 7) is 4.60. The van der Waals surface area contributed by atoms with Crippen molar-refractivity contribution in [3.8, 4) is 5.75 Å². The number of aromatic nitrogens is 2. The van der Waals surface area contributed by atoms with Crippen LogP contribution in [-0.2, 0) is 4.79 Å². The first-order valence-electron chi connectivity index (χ1n) is 7.51. The van der Waals surface area contributed by atoms with E-state index in [4.69, 9.17) is 4.74 Å². The topological polar surface area (TPSA) is 55.3 Å². The Bertz CT molecular complexity index is 674. The highest BCUT2D eigenvalue weighted by atomic mass is 32.2. The van der Waals surface area contributed by atoms with Crippen LogP contribution in [0.2, 0.25) is 0 Å². The van der Waals surface area contributed by atoms with Crippen molar-refractivity contribution in [1.82, 2.24) is 14.9 Å². The second-order valence-electron chi connectivity index (χ2n) is 5.34. The van der Waals surface area contributed by atoms with Gasteiger partial charge in [-0.15, -0.1) is 0 Å². The Morgan fingerprint density at radius 3 is 2.46 bits per heavy atom. The number of thioether (sulfide) groups is 1. The average molecular weight is 349 g/mol. The van der Waals surface area contributed by atoms with E-state index in [0.29, 0.717) is 24.1 Å². The fourth-order valence-electron chi connectivity index (χ4n) is 1.95. The lowest BCUT2D eigenvalue weighted by Gasteiger charge is -2.17. The molecule has 0 atom stereocenters. The molecule has 0 saturated carbocycles. The third kappa shape index (κ3) is 5.81. The summed E-state index contributed by atoms with van der Waals surface area (Å²) in [5, 5.41) is 0.608. The lowest BCUT2D eigenvalue weighted by atomic mass is 10.3. The second-order valence-corrected chi connectivity index (χ2v) is 6.28. The van der Waals surface area contributed by atoms with Gasteiger partial charge < -0.3 is 9.64 Å². The van der Waals surface area contributed by atoms with E-state index in [0.717, 1.165) is 11.4 Å². The van der Waals surface area contributed by atoms with E-state index in [1.807, 2.05) is 19.9 Å². The predicted molar refractivity (Wildman–Crippen MR) is 91.8 cm³/mol. The van der Waals surface area contributed by atoms with Gasteiger partial charge in [0.2, 0.25) is 5.91 Å². The molecule has 0 radical (unpaired) electrons. The summed E-state index contributed by atoms with van der Waals surface area (Å²) in [7, 11) is 1.72. The van der Waals surface area contributed by atoms with Crippen molar-refractivity contribution in [2.24, 2.45) is 0 Å². The third-order valence-electron chi connectivity index (χ3n) is 3.22. The molecule has 128 valence electrons. The molecular formula is C17H20FN3O2S. The Balaban J connectivity index is 1.74. The first kappa shape index (κ1) is 18.2. The molecule has 0 N–H and O–H groups in total. The molecule has 0 aliphatic carbocycles. The van der Waals surface area contributed by atoms with Gasteiger partial charge in [-0.2, -0.15) is 0 Å². The van der Waals surface area contributed by atoms with Crippen LogP contribution in [0.3, 0.4) is 0 Å². The van der Waals surface area contributed by atoms with Crippen molar-refractivity contribution >= 4 is 17.7 Å². The van der Waals surface area contributed by atoms with Gasteiger partial charge in [0.05, 0.1) is 12.3 Å². The van der Waals surface area contributed by atoms with E-state index in [2.05, 4.69) is 9.97 Å². The zero-order chi connectivity index (χ0) is 17.5. The van der Waals surface area contributed by atoms with E-state index in [1.165, 1.54) is 23.9 Å². The Labute approximate surface area is 145 Å². The van der Waals surface area contributed by atoms with Crippen LogP contribution < -0.4 is 4.74 Å². The van der Waals surface area contributed by atoms with Crippen molar-refractivity contribution in [1.29, 1.82) is 0 Å². The van der Waals surface area contributed by atoms with Gasteiger partial charge in [0.1, 0.15) is 18.2 Å². The average Bonchev–Trinajstić information content (AvgIpc) is 2.53. The summed E-state index contributed by atoms with van der Waals surface area (Å²) in [4.78, 5) is 22.3. The van der Waals surface area contributed by atoms with E-state index in [-0.39, 0.29) is 17.5 Å². The number of hydrogen-bond donors (Lipinski definition) is 0. The fraction of sp³-hybridized carbons (Fsp3) is 0.353. The van der Waals surface area contributed by atoms with Crippen LogP contribution >= 0.6 is 11.8 Å². The predicted octanol–water partition coefficient (Wildman–Crippen LogP) is 2.86. The Kier molecular flexibility index (Phi) is 6.54. The highest BCUT2D eigenvalue weighted by molar-refractivity contribution is 7.99. The number of likely N-dealkylation sites (N-methyl/N-ethyl adjacent to an activating group) is 1. The van der Waals surface area contributed by atoms with Crippen molar-refractivity contribution in [3.63, 3.8) is 0 Å². The normalized spacial score (nSPS) is 10.5. The highest BCUT2D eigenvalue weighted by Crippen LogP contribution is 2.15. The van der Waals surface area contributed by atoms with Gasteiger partial charge in [-0.05, 0) is 44.2 Å². The number of aryl methyl sites for hydroxylation is 2. The molecule has 24 heavy (non-hydrogen) atoms. The van der Waals surface area contributed by atoms with Gasteiger partial charge in [0, 0.05) is 18.4 Å². The van der Waals surface area contributed by atoms with Gasteiger partial charge in [-0.3, -0.25) is 4.79 Å². The molecule has 1 aromatic heterocycles. The molecule has 1 amide bonds. The molecule has 0 unspecified atom stereocenters. The van der Waals surface area contributed by atoms with Crippen LogP contribution in [0.1, 0.15) is 11.4 Å². The Morgan fingerprint density at radius 1 is 1.21 bits per heavy atom. The smallest absolute Gasteiger partial charge is 0.232 e. The summed E-state index contributed by atoms with van der Waals surface area (Å²) in [6.07, 6.45) is 0. The molecule has 0 aliphatic rings. The summed E-state index contributed by atoms with van der Waals surface area (Å²) >= 11 is 1.32. The molecule has 2 rings (SSSR count). The molecule has 1 heterocycles. The molecule has 0 aliphatic heterocycles. The van der Waals surface area contributed by atoms with Crippen LogP contribution in [0.25, 0.3) is 0 Å². The van der Waals surface area contributed by atoms with Gasteiger partial charge in [0.25, 0.3) is 0 Å². The lowest BCUT2D eigenvalue weighted by Crippen LogP contribution is -2.32. The Hall–Kier alpha value is -2.15. The first-order chi connectivity index (χ1) is 11.4. The standard InChI is InChI=1S/C17H20FN3O2S/c1-12-10-13(2)20-17(19-12)24-11-16(22)21(3)8-9-23-15-6-4-14(18)5-7-15/h4-7,10H,8-9,11H2,1-3H3. The Morgan fingerprint density at radius 2 is 1.83 bits per heavy atom. The van der Waals surface area contributed by atoms with Crippen LogP contribution in [0.15, 0.2) is 35.5 Å². The van der Waals surface area contributed by atoms with Crippen LogP contribution in [-0.4, -0.2) is 46.7 Å². The molecule has 5 nitrogen and oxygen atoms in total. The number of hydrogen-bond acceptors (Lipinski definition) is 5. The first-order valence-corrected chi connectivity index (χ1v) is 8.50. The number of amides is 1. The maximum atomic E-state index is 12.8. The van der Waals surface area contributed by atoms with Gasteiger partial charge in [-0.1, -0.05) is 11.8 Å². The van der Waals surface area contributed by atoms with E-state index >= 15 is 0 Å². The zero-order valence-electron chi connectivity index (χ0n) is 14.0. The van der Waals surface area contributed by atoms with Crippen molar-refractivity contribution < 1.29 is 13.9 Å². The van der Waals surface area contributed by atoms with Crippen molar-refractivity contribution in [2.45, 2.75) is 19.0 Å². The summed E-state index contributed by atoms with van der Waals surface area (Å²) < 4.78 is 18.3. The molecular weight excluding hydrogens is 329 g/mol. The van der Waals surface area contributed by atoms with Crippen molar-refractivity contribution in [3.05, 3.63) is 47.5 Å². The third-order valence-corrected chi connectivity index (χ3v) is 4.05. The second kappa shape index (κ2) is 8.63. The van der Waals surface area contributed by atoms with E-state index < -0.39 is 0 Å². The number of rotatable bonds is 7. The minimum absolute atomic E-state index is 0.0227. The quantitative estimate of drug-likeness (QED) is 0.568. The number of carbonyl (C=O) groups excluding carboxylic acids is 1. The van der Waals surface area contributed by atoms with Crippen LogP contribution in [0.4, 0.5) is 4.39 Å². The minimum atomic E-state index is -0.305. The molecule has 0 fully saturated rings. The van der Waals surface area contributed by atoms with Gasteiger partial charge >= 0.3 is 0 Å². The number of ether oxygens (including phenoxy) is 1. The number of halogens is 1. The lowest BCUT2D eigenvalue weighted by molar-refractivity contribution is -0.127. The number of nitrogens with zero attached hydrogens (tertiary/aromatic N) is 3. The number of benzene rings is 1. The van der Waals surface area contributed by atoms with Crippen LogP contribution in [0.5, 0.6) is 5.75 Å². The fourth-order valence-corrected chi connectivity index (χ4v) is 2.84. The zero-order valence-corrected chi connectivity index (χ0v) is 14.8. The number of carbonyl (C=O) groups is 1.